The molecular formula is C23H20ClN5O6. The first kappa shape index (κ1) is 24.0. The molecular weight excluding hydrogens is 478 g/mol. The van der Waals surface area contributed by atoms with E-state index >= 15 is 0 Å². The van der Waals surface area contributed by atoms with Gasteiger partial charge in [-0.1, -0.05) is 29.8 Å². The second-order valence-electron chi connectivity index (χ2n) is 8.15. The van der Waals surface area contributed by atoms with Crippen molar-refractivity contribution in [2.75, 3.05) is 0 Å². The van der Waals surface area contributed by atoms with Crippen molar-refractivity contribution in [1.29, 1.82) is 0 Å². The van der Waals surface area contributed by atoms with Crippen LogP contribution in [0.4, 0.5) is 5.69 Å². The largest absolute Gasteiger partial charge is 0.419 e. The molecule has 1 atom stereocenters. The number of aromatic nitrogens is 2. The second-order valence-corrected chi connectivity index (χ2v) is 8.56. The Hall–Kier alpha value is -4.12. The molecule has 0 saturated carbocycles. The summed E-state index contributed by atoms with van der Waals surface area (Å²) in [5.41, 5.74) is -0.376. The molecule has 1 unspecified atom stereocenters. The van der Waals surface area contributed by atoms with Crippen LogP contribution in [0, 0.1) is 10.1 Å². The van der Waals surface area contributed by atoms with E-state index in [2.05, 4.69) is 10.2 Å². The summed E-state index contributed by atoms with van der Waals surface area (Å²) in [6.07, 6.45) is 0. The van der Waals surface area contributed by atoms with Crippen LogP contribution in [-0.4, -0.2) is 54.7 Å². The van der Waals surface area contributed by atoms with E-state index in [0.717, 1.165) is 11.0 Å². The highest BCUT2D eigenvalue weighted by atomic mass is 35.5. The molecule has 1 aromatic heterocycles. The zero-order chi connectivity index (χ0) is 25.4. The standard InChI is InChI=1S/C23H20ClN5O6/c1-12(2)27(11-18-25-26-20(35-18)14-7-4-5-9-16(14)24)21(30)13(3)28-22(31)15-8-6-10-17(29(33)34)19(15)23(28)32/h4-10,12-13H,11H2,1-3H3. The highest BCUT2D eigenvalue weighted by Gasteiger charge is 2.46. The number of fused-ring (bicyclic) bond motifs is 1. The van der Waals surface area contributed by atoms with Gasteiger partial charge >= 0.3 is 0 Å². The number of rotatable bonds is 7. The summed E-state index contributed by atoms with van der Waals surface area (Å²) in [7, 11) is 0. The van der Waals surface area contributed by atoms with Crippen molar-refractivity contribution in [2.24, 2.45) is 0 Å². The maximum atomic E-state index is 13.4. The Balaban J connectivity index is 1.58. The lowest BCUT2D eigenvalue weighted by Gasteiger charge is -2.31. The number of nitro benzene ring substituents is 1. The lowest BCUT2D eigenvalue weighted by Crippen LogP contribution is -2.51. The van der Waals surface area contributed by atoms with Gasteiger partial charge in [-0.15, -0.1) is 10.2 Å². The highest BCUT2D eigenvalue weighted by molar-refractivity contribution is 6.33. The van der Waals surface area contributed by atoms with Crippen molar-refractivity contribution in [1.82, 2.24) is 20.0 Å². The van der Waals surface area contributed by atoms with E-state index in [9.17, 15) is 24.5 Å². The van der Waals surface area contributed by atoms with Crippen LogP contribution in [0.1, 0.15) is 47.4 Å². The summed E-state index contributed by atoms with van der Waals surface area (Å²) in [5.74, 6) is -1.90. The third kappa shape index (κ3) is 4.26. The number of hydrogen-bond donors (Lipinski definition) is 0. The Labute approximate surface area is 204 Å². The average Bonchev–Trinajstić information content (AvgIpc) is 3.39. The van der Waals surface area contributed by atoms with Crippen molar-refractivity contribution < 1.29 is 23.7 Å². The first-order chi connectivity index (χ1) is 16.6. The topological polar surface area (TPSA) is 140 Å². The molecule has 0 spiro atoms. The Morgan fingerprint density at radius 3 is 2.43 bits per heavy atom. The van der Waals surface area contributed by atoms with Gasteiger partial charge in [-0.2, -0.15) is 0 Å². The van der Waals surface area contributed by atoms with Gasteiger partial charge in [0.25, 0.3) is 17.5 Å². The first-order valence-electron chi connectivity index (χ1n) is 10.6. The number of carbonyl (C=O) groups is 3. The molecule has 2 aromatic carbocycles. The lowest BCUT2D eigenvalue weighted by molar-refractivity contribution is -0.385. The smallest absolute Gasteiger partial charge is 0.282 e. The summed E-state index contributed by atoms with van der Waals surface area (Å²) in [5, 5.41) is 19.8. The van der Waals surface area contributed by atoms with E-state index in [0.29, 0.717) is 10.6 Å². The number of amides is 3. The van der Waals surface area contributed by atoms with Gasteiger partial charge < -0.3 is 9.32 Å². The van der Waals surface area contributed by atoms with E-state index in [1.54, 1.807) is 38.1 Å². The molecule has 12 heteroatoms. The quantitative estimate of drug-likeness (QED) is 0.273. The summed E-state index contributed by atoms with van der Waals surface area (Å²) in [6.45, 7) is 4.82. The van der Waals surface area contributed by atoms with Crippen molar-refractivity contribution in [3.8, 4) is 11.5 Å². The van der Waals surface area contributed by atoms with E-state index in [4.69, 9.17) is 16.0 Å². The van der Waals surface area contributed by atoms with Crippen LogP contribution in [-0.2, 0) is 11.3 Å². The van der Waals surface area contributed by atoms with Gasteiger partial charge in [0, 0.05) is 12.1 Å². The number of nitro groups is 1. The molecule has 1 aliphatic heterocycles. The van der Waals surface area contributed by atoms with Crippen molar-refractivity contribution in [3.63, 3.8) is 0 Å². The fourth-order valence-corrected chi connectivity index (χ4v) is 4.08. The summed E-state index contributed by atoms with van der Waals surface area (Å²) in [4.78, 5) is 52.1. The average molecular weight is 498 g/mol. The number of nitrogens with zero attached hydrogens (tertiary/aromatic N) is 5. The second kappa shape index (κ2) is 9.26. The number of carbonyl (C=O) groups excluding carboxylic acids is 3. The van der Waals surface area contributed by atoms with E-state index < -0.39 is 34.4 Å². The predicted octanol–water partition coefficient (Wildman–Crippen LogP) is 3.72. The molecule has 2 heterocycles. The molecule has 0 aliphatic carbocycles. The zero-order valence-electron chi connectivity index (χ0n) is 19.0. The highest BCUT2D eigenvalue weighted by Crippen LogP contribution is 2.32. The molecule has 0 radical (unpaired) electrons. The minimum absolute atomic E-state index is 0.0817. The molecule has 3 aromatic rings. The lowest BCUT2D eigenvalue weighted by atomic mass is 10.1. The molecule has 0 fully saturated rings. The molecule has 1 aliphatic rings. The minimum Gasteiger partial charge on any atom is -0.419 e. The van der Waals surface area contributed by atoms with Crippen molar-refractivity contribution >= 4 is 35.0 Å². The van der Waals surface area contributed by atoms with Gasteiger partial charge in [-0.3, -0.25) is 29.4 Å². The third-order valence-corrected chi connectivity index (χ3v) is 5.98. The van der Waals surface area contributed by atoms with Crippen LogP contribution in [0.3, 0.4) is 0 Å². The molecule has 0 N–H and O–H groups in total. The summed E-state index contributed by atoms with van der Waals surface area (Å²) < 4.78 is 5.70. The van der Waals surface area contributed by atoms with Crippen LogP contribution < -0.4 is 0 Å². The molecule has 11 nitrogen and oxygen atoms in total. The Morgan fingerprint density at radius 2 is 1.77 bits per heavy atom. The third-order valence-electron chi connectivity index (χ3n) is 5.65. The number of benzene rings is 2. The predicted molar refractivity (Wildman–Crippen MR) is 123 cm³/mol. The van der Waals surface area contributed by atoms with Crippen LogP contribution >= 0.6 is 11.6 Å². The van der Waals surface area contributed by atoms with E-state index in [-0.39, 0.29) is 35.5 Å². The summed E-state index contributed by atoms with van der Waals surface area (Å²) in [6, 6.07) is 9.14. The minimum atomic E-state index is -1.23. The molecule has 4 rings (SSSR count). The Bertz CT molecular complexity index is 1350. The van der Waals surface area contributed by atoms with Crippen molar-refractivity contribution in [2.45, 2.75) is 39.4 Å². The van der Waals surface area contributed by atoms with Gasteiger partial charge in [0.2, 0.25) is 17.7 Å². The monoisotopic (exact) mass is 497 g/mol. The molecule has 3 amide bonds. The maximum Gasteiger partial charge on any atom is 0.282 e. The molecule has 0 bridgehead atoms. The van der Waals surface area contributed by atoms with Gasteiger partial charge in [-0.05, 0) is 39.0 Å². The van der Waals surface area contributed by atoms with Gasteiger partial charge in [0.05, 0.1) is 27.6 Å². The number of halogens is 1. The normalized spacial score (nSPS) is 13.8. The van der Waals surface area contributed by atoms with E-state index in [1.165, 1.54) is 24.0 Å². The molecule has 0 saturated heterocycles. The number of hydrogen-bond acceptors (Lipinski definition) is 8. The first-order valence-corrected chi connectivity index (χ1v) is 11.0. The Kier molecular flexibility index (Phi) is 6.35. The van der Waals surface area contributed by atoms with Crippen LogP contribution in [0.5, 0.6) is 0 Å². The van der Waals surface area contributed by atoms with Crippen LogP contribution in [0.15, 0.2) is 46.9 Å². The zero-order valence-corrected chi connectivity index (χ0v) is 19.7. The van der Waals surface area contributed by atoms with Gasteiger partial charge in [0.1, 0.15) is 11.6 Å². The van der Waals surface area contributed by atoms with Crippen LogP contribution in [0.25, 0.3) is 11.5 Å². The number of imide groups is 1. The SMILES string of the molecule is CC(C)N(Cc1nnc(-c2ccccc2Cl)o1)C(=O)C(C)N1C(=O)c2cccc([N+](=O)[O-])c2C1=O. The van der Waals surface area contributed by atoms with E-state index in [1.807, 2.05) is 0 Å². The van der Waals surface area contributed by atoms with Gasteiger partial charge in [0.15, 0.2) is 0 Å². The van der Waals surface area contributed by atoms with Crippen LogP contribution in [0.2, 0.25) is 5.02 Å². The maximum absolute atomic E-state index is 13.4. The fraction of sp³-hybridized carbons (Fsp3) is 0.261. The Morgan fingerprint density at radius 1 is 1.09 bits per heavy atom. The molecule has 35 heavy (non-hydrogen) atoms. The van der Waals surface area contributed by atoms with Gasteiger partial charge in [-0.25, -0.2) is 0 Å². The molecule has 180 valence electrons. The fourth-order valence-electron chi connectivity index (χ4n) is 3.86. The summed E-state index contributed by atoms with van der Waals surface area (Å²) >= 11 is 6.18. The van der Waals surface area contributed by atoms with Crippen molar-refractivity contribution in [3.05, 3.63) is 74.6 Å².